The van der Waals surface area contributed by atoms with Crippen molar-refractivity contribution in [2.75, 3.05) is 14.2 Å². The van der Waals surface area contributed by atoms with Crippen molar-refractivity contribution < 1.29 is 9.47 Å². The SMILES string of the molecule is COc1ccccc1P(c1ccccc1OC)c1cccc(C)c1C. The predicted octanol–water partition coefficient (Wildman–Crippen LogP) is 4.08. The number of rotatable bonds is 5. The fraction of sp³-hybridized carbons (Fsp3) is 0.182. The molecule has 0 atom stereocenters. The van der Waals surface area contributed by atoms with Gasteiger partial charge in [0.25, 0.3) is 0 Å². The van der Waals surface area contributed by atoms with Crippen molar-refractivity contribution in [1.82, 2.24) is 0 Å². The Bertz CT molecular complexity index is 826. The minimum Gasteiger partial charge on any atom is -0.496 e. The summed E-state index contributed by atoms with van der Waals surface area (Å²) in [6.07, 6.45) is 0. The first kappa shape index (κ1) is 17.5. The Morgan fingerprint density at radius 3 is 1.60 bits per heavy atom. The highest BCUT2D eigenvalue weighted by Gasteiger charge is 2.24. The Balaban J connectivity index is 2.31. The lowest BCUT2D eigenvalue weighted by Crippen LogP contribution is -2.25. The van der Waals surface area contributed by atoms with Crippen LogP contribution in [-0.2, 0) is 0 Å². The second kappa shape index (κ2) is 7.72. The summed E-state index contributed by atoms with van der Waals surface area (Å²) in [4.78, 5) is 0. The molecule has 0 aliphatic heterocycles. The summed E-state index contributed by atoms with van der Waals surface area (Å²) in [5.74, 6) is 1.83. The zero-order valence-corrected chi connectivity index (χ0v) is 16.0. The third kappa shape index (κ3) is 3.41. The maximum absolute atomic E-state index is 5.69. The standard InChI is InChI=1S/C22H23O2P/c1-16-10-9-15-20(17(16)2)25(21-13-7-5-11-18(21)23-3)22-14-8-6-12-19(22)24-4/h5-15H,1-4H3. The zero-order valence-electron chi connectivity index (χ0n) is 15.1. The monoisotopic (exact) mass is 350 g/mol. The van der Waals surface area contributed by atoms with Crippen LogP contribution in [0, 0.1) is 13.8 Å². The van der Waals surface area contributed by atoms with E-state index in [1.165, 1.54) is 27.0 Å². The van der Waals surface area contributed by atoms with E-state index in [4.69, 9.17) is 9.47 Å². The number of benzene rings is 3. The summed E-state index contributed by atoms with van der Waals surface area (Å²) in [7, 11) is 2.68. The van der Waals surface area contributed by atoms with Crippen LogP contribution in [0.5, 0.6) is 11.5 Å². The van der Waals surface area contributed by atoms with E-state index in [0.29, 0.717) is 0 Å². The Labute approximate surface area is 151 Å². The van der Waals surface area contributed by atoms with Crippen molar-refractivity contribution in [1.29, 1.82) is 0 Å². The Hall–Kier alpha value is -2.31. The van der Waals surface area contributed by atoms with Crippen LogP contribution in [0.2, 0.25) is 0 Å². The molecule has 0 aliphatic rings. The highest BCUT2D eigenvalue weighted by atomic mass is 31.1. The van der Waals surface area contributed by atoms with Crippen molar-refractivity contribution in [3.63, 3.8) is 0 Å². The summed E-state index contributed by atoms with van der Waals surface area (Å²) in [5.41, 5.74) is 2.63. The summed E-state index contributed by atoms with van der Waals surface area (Å²) >= 11 is 0. The Morgan fingerprint density at radius 1 is 0.600 bits per heavy atom. The van der Waals surface area contributed by atoms with Crippen LogP contribution in [0.1, 0.15) is 11.1 Å². The largest absolute Gasteiger partial charge is 0.496 e. The third-order valence-electron chi connectivity index (χ3n) is 4.47. The van der Waals surface area contributed by atoms with Crippen LogP contribution in [0.25, 0.3) is 0 Å². The normalized spacial score (nSPS) is 10.8. The van der Waals surface area contributed by atoms with E-state index >= 15 is 0 Å². The van der Waals surface area contributed by atoms with Crippen molar-refractivity contribution >= 4 is 23.8 Å². The fourth-order valence-corrected chi connectivity index (χ4v) is 5.76. The van der Waals surface area contributed by atoms with Crippen LogP contribution >= 0.6 is 7.92 Å². The molecule has 0 bridgehead atoms. The molecule has 0 saturated carbocycles. The van der Waals surface area contributed by atoms with Crippen molar-refractivity contribution in [3.05, 3.63) is 77.9 Å². The highest BCUT2D eigenvalue weighted by Crippen LogP contribution is 2.40. The summed E-state index contributed by atoms with van der Waals surface area (Å²) in [6.45, 7) is 4.36. The molecule has 0 aromatic heterocycles. The van der Waals surface area contributed by atoms with Gasteiger partial charge in [0.05, 0.1) is 14.2 Å². The van der Waals surface area contributed by atoms with E-state index in [0.717, 1.165) is 11.5 Å². The van der Waals surface area contributed by atoms with E-state index in [2.05, 4.69) is 56.3 Å². The third-order valence-corrected chi connectivity index (χ3v) is 7.14. The minimum absolute atomic E-state index is 0.786. The van der Waals surface area contributed by atoms with Crippen LogP contribution in [0.4, 0.5) is 0 Å². The van der Waals surface area contributed by atoms with Crippen LogP contribution in [0.15, 0.2) is 66.7 Å². The van der Waals surface area contributed by atoms with Crippen molar-refractivity contribution in [2.24, 2.45) is 0 Å². The second-order valence-corrected chi connectivity index (χ2v) is 8.01. The van der Waals surface area contributed by atoms with Crippen LogP contribution in [0.3, 0.4) is 0 Å². The van der Waals surface area contributed by atoms with E-state index in [9.17, 15) is 0 Å². The number of aryl methyl sites for hydroxylation is 1. The van der Waals surface area contributed by atoms with Gasteiger partial charge in [-0.05, 0) is 50.3 Å². The maximum Gasteiger partial charge on any atom is 0.127 e. The number of methoxy groups -OCH3 is 2. The molecule has 3 aromatic rings. The quantitative estimate of drug-likeness (QED) is 0.646. The zero-order chi connectivity index (χ0) is 17.8. The fourth-order valence-electron chi connectivity index (χ4n) is 3.00. The van der Waals surface area contributed by atoms with Gasteiger partial charge in [0.1, 0.15) is 11.5 Å². The minimum atomic E-state index is -0.786. The van der Waals surface area contributed by atoms with Crippen LogP contribution in [-0.4, -0.2) is 14.2 Å². The van der Waals surface area contributed by atoms with E-state index in [1.54, 1.807) is 14.2 Å². The molecule has 2 nitrogen and oxygen atoms in total. The average molecular weight is 350 g/mol. The molecule has 3 aromatic carbocycles. The number of hydrogen-bond donors (Lipinski definition) is 0. The van der Waals surface area contributed by atoms with E-state index < -0.39 is 7.92 Å². The number of para-hydroxylation sites is 2. The van der Waals surface area contributed by atoms with Crippen LogP contribution < -0.4 is 25.4 Å². The maximum atomic E-state index is 5.69. The Morgan fingerprint density at radius 2 is 1.08 bits per heavy atom. The van der Waals surface area contributed by atoms with Gasteiger partial charge in [-0.3, -0.25) is 0 Å². The molecule has 0 heterocycles. The lowest BCUT2D eigenvalue weighted by Gasteiger charge is -2.25. The molecule has 0 spiro atoms. The van der Waals surface area contributed by atoms with Gasteiger partial charge >= 0.3 is 0 Å². The second-order valence-electron chi connectivity index (χ2n) is 5.90. The molecule has 0 N–H and O–H groups in total. The Kier molecular flexibility index (Phi) is 5.40. The number of hydrogen-bond acceptors (Lipinski definition) is 2. The lowest BCUT2D eigenvalue weighted by atomic mass is 10.1. The number of ether oxygens (including phenoxy) is 2. The van der Waals surface area contributed by atoms with Crippen molar-refractivity contribution in [3.8, 4) is 11.5 Å². The van der Waals surface area contributed by atoms with Gasteiger partial charge in [-0.25, -0.2) is 0 Å². The molecule has 0 unspecified atom stereocenters. The lowest BCUT2D eigenvalue weighted by molar-refractivity contribution is 0.417. The van der Waals surface area contributed by atoms with Gasteiger partial charge in [0.15, 0.2) is 0 Å². The summed E-state index contributed by atoms with van der Waals surface area (Å²) in [6, 6.07) is 23.1. The van der Waals surface area contributed by atoms with Gasteiger partial charge in [0, 0.05) is 10.6 Å². The molecule has 3 heteroatoms. The van der Waals surface area contributed by atoms with E-state index in [-0.39, 0.29) is 0 Å². The summed E-state index contributed by atoms with van der Waals surface area (Å²) < 4.78 is 11.4. The molecular weight excluding hydrogens is 327 g/mol. The first-order chi connectivity index (χ1) is 12.2. The molecule has 0 aliphatic carbocycles. The molecule has 0 radical (unpaired) electrons. The molecular formula is C22H23O2P. The first-order valence-corrected chi connectivity index (χ1v) is 9.64. The van der Waals surface area contributed by atoms with Crippen molar-refractivity contribution in [2.45, 2.75) is 13.8 Å². The van der Waals surface area contributed by atoms with E-state index in [1.807, 2.05) is 24.3 Å². The topological polar surface area (TPSA) is 18.5 Å². The van der Waals surface area contributed by atoms with Gasteiger partial charge in [0.2, 0.25) is 0 Å². The average Bonchev–Trinajstić information content (AvgIpc) is 2.66. The molecule has 0 fully saturated rings. The van der Waals surface area contributed by atoms with Gasteiger partial charge in [-0.2, -0.15) is 0 Å². The molecule has 128 valence electrons. The predicted molar refractivity (Wildman–Crippen MR) is 108 cm³/mol. The smallest absolute Gasteiger partial charge is 0.127 e. The van der Waals surface area contributed by atoms with Gasteiger partial charge in [-0.1, -0.05) is 54.6 Å². The van der Waals surface area contributed by atoms with Gasteiger partial charge in [-0.15, -0.1) is 0 Å². The highest BCUT2D eigenvalue weighted by molar-refractivity contribution is 7.80. The summed E-state index contributed by atoms with van der Waals surface area (Å²) in [5, 5.41) is 3.75. The molecule has 3 rings (SSSR count). The first-order valence-electron chi connectivity index (χ1n) is 8.29. The van der Waals surface area contributed by atoms with Gasteiger partial charge < -0.3 is 9.47 Å². The molecule has 25 heavy (non-hydrogen) atoms. The molecule has 0 amide bonds. The molecule has 0 saturated heterocycles.